The molecule has 0 unspecified atom stereocenters. The normalized spacial score (nSPS) is 22.5. The quantitative estimate of drug-likeness (QED) is 0.268. The van der Waals surface area contributed by atoms with Crippen LogP contribution in [0.4, 0.5) is 5.82 Å². The molecule has 38 heavy (non-hydrogen) atoms. The van der Waals surface area contributed by atoms with Crippen LogP contribution in [0.15, 0.2) is 49.1 Å². The number of hydrogen-bond donors (Lipinski definition) is 4. The number of pyridine rings is 1. The average Bonchev–Trinajstić information content (AvgIpc) is 3.47. The minimum Gasteiger partial charge on any atom is -0.492 e. The number of aliphatic hydroxyl groups excluding tert-OH is 2. The molecule has 1 amide bonds. The van der Waals surface area contributed by atoms with Gasteiger partial charge in [-0.15, -0.1) is 0 Å². The molecular formula is C26H29N7O5. The van der Waals surface area contributed by atoms with Crippen LogP contribution in [0.5, 0.6) is 5.75 Å². The Morgan fingerprint density at radius 2 is 2.11 bits per heavy atom. The van der Waals surface area contributed by atoms with Crippen molar-refractivity contribution in [2.24, 2.45) is 0 Å². The number of rotatable bonds is 8. The maximum atomic E-state index is 12.5. The van der Waals surface area contributed by atoms with Crippen LogP contribution >= 0.6 is 0 Å². The summed E-state index contributed by atoms with van der Waals surface area (Å²) in [5.74, 6) is 0.0944. The molecule has 0 saturated carbocycles. The molecule has 1 aromatic carbocycles. The zero-order chi connectivity index (χ0) is 29.3. The van der Waals surface area contributed by atoms with Gasteiger partial charge >= 0.3 is 0 Å². The summed E-state index contributed by atoms with van der Waals surface area (Å²) in [7, 11) is 0. The second kappa shape index (κ2) is 10.7. The van der Waals surface area contributed by atoms with Crippen LogP contribution in [0, 0.1) is 6.92 Å². The third kappa shape index (κ3) is 4.88. The van der Waals surface area contributed by atoms with Gasteiger partial charge in [-0.3, -0.25) is 14.3 Å². The number of nitrogens with one attached hydrogen (secondary N) is 2. The molecule has 0 spiro atoms. The number of fused-ring (bicyclic) bond motifs is 1. The van der Waals surface area contributed by atoms with Crippen LogP contribution in [-0.2, 0) is 16.1 Å². The number of likely N-dealkylation sites (N-methyl/N-ethyl adjacent to an activating group) is 1. The van der Waals surface area contributed by atoms with Crippen LogP contribution in [-0.4, -0.2) is 72.5 Å². The molecule has 0 bridgehead atoms. The molecular weight excluding hydrogens is 490 g/mol. The molecule has 4 atom stereocenters. The molecule has 0 aliphatic carbocycles. The SMILES string of the molecule is [2H]C([2H])([2H])NC(=O)[C@H]1O[C@H](n2cnc3c(NCc4cccc(C)c4)nc(-c4cncc(OCC)c4)nc32)[C@H](O)[C@@H]1O. The number of amides is 1. The van der Waals surface area contributed by atoms with Gasteiger partial charge in [0.15, 0.2) is 35.1 Å². The van der Waals surface area contributed by atoms with Crippen molar-refractivity contribution >= 4 is 22.9 Å². The zero-order valence-corrected chi connectivity index (χ0v) is 20.7. The molecule has 1 aliphatic rings. The molecule has 1 saturated heterocycles. The minimum absolute atomic E-state index is 0.233. The Hall–Kier alpha value is -4.13. The van der Waals surface area contributed by atoms with Crippen LogP contribution in [0.2, 0.25) is 0 Å². The lowest BCUT2D eigenvalue weighted by molar-refractivity contribution is -0.137. The molecule has 198 valence electrons. The average molecular weight is 523 g/mol. The minimum atomic E-state index is -2.80. The molecule has 4 N–H and O–H groups in total. The van der Waals surface area contributed by atoms with Gasteiger partial charge in [0, 0.05) is 29.4 Å². The van der Waals surface area contributed by atoms with Crippen molar-refractivity contribution in [2.75, 3.05) is 18.9 Å². The monoisotopic (exact) mass is 522 g/mol. The molecule has 4 heterocycles. The number of hydrogen-bond acceptors (Lipinski definition) is 10. The van der Waals surface area contributed by atoms with Gasteiger partial charge in [0.2, 0.25) is 0 Å². The van der Waals surface area contributed by atoms with Crippen molar-refractivity contribution in [3.63, 3.8) is 0 Å². The van der Waals surface area contributed by atoms with E-state index in [1.807, 2.05) is 38.1 Å². The van der Waals surface area contributed by atoms with Crippen LogP contribution < -0.4 is 15.4 Å². The van der Waals surface area contributed by atoms with Crippen molar-refractivity contribution in [2.45, 2.75) is 44.9 Å². The first-order valence-electron chi connectivity index (χ1n) is 13.5. The lowest BCUT2D eigenvalue weighted by Crippen LogP contribution is -2.41. The number of carbonyl (C=O) groups excluding carboxylic acids is 1. The summed E-state index contributed by atoms with van der Waals surface area (Å²) in [5.41, 5.74) is 3.24. The van der Waals surface area contributed by atoms with Gasteiger partial charge in [-0.05, 0) is 25.5 Å². The van der Waals surface area contributed by atoms with Gasteiger partial charge in [-0.25, -0.2) is 15.0 Å². The van der Waals surface area contributed by atoms with Gasteiger partial charge in [-0.1, -0.05) is 29.8 Å². The number of carbonyl (C=O) groups is 1. The number of anilines is 1. The predicted molar refractivity (Wildman–Crippen MR) is 138 cm³/mol. The Morgan fingerprint density at radius 1 is 1.24 bits per heavy atom. The van der Waals surface area contributed by atoms with Gasteiger partial charge in [-0.2, -0.15) is 0 Å². The summed E-state index contributed by atoms with van der Waals surface area (Å²) in [6, 6.07) is 9.70. The first-order valence-corrected chi connectivity index (χ1v) is 12.0. The van der Waals surface area contributed by atoms with Gasteiger partial charge in [0.25, 0.3) is 5.91 Å². The van der Waals surface area contributed by atoms with Gasteiger partial charge < -0.3 is 30.3 Å². The first-order chi connectivity index (χ1) is 19.5. The molecule has 4 aromatic rings. The lowest BCUT2D eigenvalue weighted by atomic mass is 10.1. The van der Waals surface area contributed by atoms with Crippen LogP contribution in [0.25, 0.3) is 22.6 Å². The number of imidazole rings is 1. The summed E-state index contributed by atoms with van der Waals surface area (Å²) < 4.78 is 34.4. The molecule has 1 aliphatic heterocycles. The maximum Gasteiger partial charge on any atom is 0.251 e. The highest BCUT2D eigenvalue weighted by Gasteiger charge is 2.47. The smallest absolute Gasteiger partial charge is 0.251 e. The fourth-order valence-electron chi connectivity index (χ4n) is 4.33. The van der Waals surface area contributed by atoms with Crippen molar-refractivity contribution in [3.8, 4) is 17.1 Å². The Balaban J connectivity index is 1.55. The van der Waals surface area contributed by atoms with Crippen molar-refractivity contribution in [1.82, 2.24) is 29.8 Å². The van der Waals surface area contributed by atoms with Crippen molar-refractivity contribution in [1.29, 1.82) is 0 Å². The van der Waals surface area contributed by atoms with E-state index < -0.39 is 37.4 Å². The van der Waals surface area contributed by atoms with E-state index in [-0.39, 0.29) is 11.5 Å². The summed E-state index contributed by atoms with van der Waals surface area (Å²) in [6.07, 6.45) is -1.74. The highest BCUT2D eigenvalue weighted by molar-refractivity contribution is 5.85. The van der Waals surface area contributed by atoms with Gasteiger partial charge in [0.1, 0.15) is 18.0 Å². The third-order valence-corrected chi connectivity index (χ3v) is 6.14. The van der Waals surface area contributed by atoms with E-state index in [4.69, 9.17) is 18.6 Å². The summed E-state index contributed by atoms with van der Waals surface area (Å²) in [4.78, 5) is 30.5. The summed E-state index contributed by atoms with van der Waals surface area (Å²) >= 11 is 0. The Morgan fingerprint density at radius 3 is 2.89 bits per heavy atom. The summed E-state index contributed by atoms with van der Waals surface area (Å²) in [5, 5.41) is 26.4. The van der Waals surface area contributed by atoms with Gasteiger partial charge in [0.05, 0.1) is 19.1 Å². The van der Waals surface area contributed by atoms with E-state index in [1.165, 1.54) is 10.9 Å². The molecule has 3 aromatic heterocycles. The fraction of sp³-hybridized carbons (Fsp3) is 0.346. The number of ether oxygens (including phenoxy) is 2. The van der Waals surface area contributed by atoms with E-state index in [1.54, 1.807) is 23.8 Å². The Bertz CT molecular complexity index is 1560. The van der Waals surface area contributed by atoms with E-state index in [2.05, 4.69) is 20.3 Å². The lowest BCUT2D eigenvalue weighted by Gasteiger charge is -2.17. The number of benzene rings is 1. The van der Waals surface area contributed by atoms with Crippen LogP contribution in [0.3, 0.4) is 0 Å². The first kappa shape index (κ1) is 21.9. The maximum absolute atomic E-state index is 12.5. The predicted octanol–water partition coefficient (Wildman–Crippen LogP) is 1.57. The standard InChI is InChI=1S/C26H29N7O5/c1-4-37-17-9-16(11-28-12-17)22-31-23(29-10-15-7-5-6-14(2)8-15)18-24(32-22)33(13-30-18)26-20(35)19(34)21(38-26)25(36)27-3/h5-9,11-13,19-21,26,34-35H,4,10H2,1-3H3,(H,27,36)(H,29,31,32)/t19-,20+,21-,26-/m0/s1/i3D3. The number of aliphatic hydroxyl groups is 2. The molecule has 0 radical (unpaired) electrons. The number of aryl methyl sites for hydroxylation is 1. The largest absolute Gasteiger partial charge is 0.492 e. The number of nitrogens with zero attached hydrogens (tertiary/aromatic N) is 5. The highest BCUT2D eigenvalue weighted by Crippen LogP contribution is 2.34. The number of aromatic nitrogens is 5. The van der Waals surface area contributed by atoms with Crippen molar-refractivity contribution < 1.29 is 28.6 Å². The second-order valence-corrected chi connectivity index (χ2v) is 8.82. The van der Waals surface area contributed by atoms with E-state index in [9.17, 15) is 15.0 Å². The topological polar surface area (TPSA) is 157 Å². The third-order valence-electron chi connectivity index (χ3n) is 6.14. The van der Waals surface area contributed by atoms with E-state index in [0.717, 1.165) is 11.1 Å². The van der Waals surface area contributed by atoms with E-state index in [0.29, 0.717) is 35.8 Å². The summed E-state index contributed by atoms with van der Waals surface area (Å²) in [6.45, 7) is 1.92. The Labute approximate surface area is 222 Å². The molecule has 12 nitrogen and oxygen atoms in total. The fourth-order valence-corrected chi connectivity index (χ4v) is 4.33. The second-order valence-electron chi connectivity index (χ2n) is 8.82. The van der Waals surface area contributed by atoms with Crippen LogP contribution in [0.1, 0.15) is 28.4 Å². The zero-order valence-electron chi connectivity index (χ0n) is 23.7. The van der Waals surface area contributed by atoms with Crippen molar-refractivity contribution in [3.05, 3.63) is 60.2 Å². The molecule has 5 rings (SSSR count). The Kier molecular flexibility index (Phi) is 6.17. The molecule has 12 heteroatoms. The van der Waals surface area contributed by atoms with E-state index >= 15 is 0 Å². The molecule has 1 fully saturated rings. The highest BCUT2D eigenvalue weighted by atomic mass is 16.6.